The second kappa shape index (κ2) is 3.46. The summed E-state index contributed by atoms with van der Waals surface area (Å²) in [4.78, 5) is 11.3. The van der Waals surface area contributed by atoms with Crippen LogP contribution in [0, 0.1) is 0 Å². The Labute approximate surface area is 81.8 Å². The highest BCUT2D eigenvalue weighted by Crippen LogP contribution is 2.26. The van der Waals surface area contributed by atoms with Gasteiger partial charge in [0.05, 0.1) is 6.54 Å². The molecule has 0 bridgehead atoms. The summed E-state index contributed by atoms with van der Waals surface area (Å²) < 4.78 is 30.4. The van der Waals surface area contributed by atoms with Crippen molar-refractivity contribution in [2.24, 2.45) is 0 Å². The van der Waals surface area contributed by atoms with Gasteiger partial charge in [0.15, 0.2) is 0 Å². The fraction of sp³-hybridized carbons (Fsp3) is 0.889. The van der Waals surface area contributed by atoms with Crippen LogP contribution in [0.1, 0.15) is 27.2 Å². The minimum atomic E-state index is -2.79. The Kier molecular flexibility index (Phi) is 2.81. The second-order valence-corrected chi connectivity index (χ2v) is 4.53. The van der Waals surface area contributed by atoms with Crippen molar-refractivity contribution in [3.63, 3.8) is 0 Å². The maximum absolute atomic E-state index is 12.7. The van der Waals surface area contributed by atoms with Crippen LogP contribution in [0.2, 0.25) is 0 Å². The molecule has 0 aliphatic carbocycles. The molecule has 1 atom stereocenters. The molecule has 1 saturated heterocycles. The first-order valence-electron chi connectivity index (χ1n) is 4.54. The number of nitrogens with one attached hydrogen (secondary N) is 1. The van der Waals surface area contributed by atoms with Gasteiger partial charge in [-0.2, -0.15) is 0 Å². The number of rotatable bonds is 1. The molecule has 3 nitrogen and oxygen atoms in total. The number of hydrogen-bond donors (Lipinski definition) is 1. The monoisotopic (exact) mass is 207 g/mol. The van der Waals surface area contributed by atoms with E-state index in [0.717, 1.165) is 0 Å². The Bertz CT molecular complexity index is 235. The molecule has 1 unspecified atom stereocenters. The van der Waals surface area contributed by atoms with Gasteiger partial charge in [0.2, 0.25) is 0 Å². The SMILES string of the molecule is CC(C)(C)OC(=O)C1CC(F)(F)CN1. The second-order valence-electron chi connectivity index (χ2n) is 4.53. The summed E-state index contributed by atoms with van der Waals surface area (Å²) in [7, 11) is 0. The van der Waals surface area contributed by atoms with E-state index in [9.17, 15) is 13.6 Å². The number of halogens is 2. The predicted octanol–water partition coefficient (Wildman–Crippen LogP) is 1.33. The average Bonchev–Trinajstić information content (AvgIpc) is 2.26. The molecule has 0 aromatic rings. The Morgan fingerprint density at radius 1 is 1.50 bits per heavy atom. The predicted molar refractivity (Wildman–Crippen MR) is 47.2 cm³/mol. The van der Waals surface area contributed by atoms with Crippen molar-refractivity contribution >= 4 is 5.97 Å². The van der Waals surface area contributed by atoms with Gasteiger partial charge in [0, 0.05) is 6.42 Å². The first-order chi connectivity index (χ1) is 6.20. The normalized spacial score (nSPS) is 26.2. The van der Waals surface area contributed by atoms with E-state index in [2.05, 4.69) is 5.32 Å². The third-order valence-corrected chi connectivity index (χ3v) is 1.80. The quantitative estimate of drug-likeness (QED) is 0.659. The molecule has 0 aromatic carbocycles. The smallest absolute Gasteiger partial charge is 0.323 e. The van der Waals surface area contributed by atoms with Crippen molar-refractivity contribution in [2.45, 2.75) is 44.8 Å². The maximum atomic E-state index is 12.7. The van der Waals surface area contributed by atoms with Crippen molar-refractivity contribution in [3.05, 3.63) is 0 Å². The fourth-order valence-corrected chi connectivity index (χ4v) is 1.26. The molecule has 1 heterocycles. The molecule has 0 radical (unpaired) electrons. The highest BCUT2D eigenvalue weighted by Gasteiger charge is 2.43. The number of alkyl halides is 2. The van der Waals surface area contributed by atoms with Crippen molar-refractivity contribution in [3.8, 4) is 0 Å². The van der Waals surface area contributed by atoms with Crippen LogP contribution in [0.4, 0.5) is 8.78 Å². The number of esters is 1. The van der Waals surface area contributed by atoms with E-state index in [4.69, 9.17) is 4.74 Å². The molecule has 1 rings (SSSR count). The topological polar surface area (TPSA) is 38.3 Å². The van der Waals surface area contributed by atoms with Crippen molar-refractivity contribution in [1.29, 1.82) is 0 Å². The van der Waals surface area contributed by atoms with Crippen LogP contribution in [0.3, 0.4) is 0 Å². The number of carbonyl (C=O) groups excluding carboxylic acids is 1. The lowest BCUT2D eigenvalue weighted by atomic mass is 10.1. The van der Waals surface area contributed by atoms with Crippen molar-refractivity contribution < 1.29 is 18.3 Å². The van der Waals surface area contributed by atoms with Crippen LogP contribution in [-0.2, 0) is 9.53 Å². The van der Waals surface area contributed by atoms with Gasteiger partial charge in [-0.05, 0) is 20.8 Å². The first-order valence-corrected chi connectivity index (χ1v) is 4.54. The van der Waals surface area contributed by atoms with Gasteiger partial charge in [-0.3, -0.25) is 10.1 Å². The molecule has 1 N–H and O–H groups in total. The fourth-order valence-electron chi connectivity index (χ4n) is 1.26. The Morgan fingerprint density at radius 3 is 2.43 bits per heavy atom. The van der Waals surface area contributed by atoms with E-state index in [1.807, 2.05) is 0 Å². The Balaban J connectivity index is 2.48. The lowest BCUT2D eigenvalue weighted by Crippen LogP contribution is -2.37. The van der Waals surface area contributed by atoms with Crippen LogP contribution >= 0.6 is 0 Å². The summed E-state index contributed by atoms with van der Waals surface area (Å²) in [5.41, 5.74) is -0.628. The lowest BCUT2D eigenvalue weighted by molar-refractivity contribution is -0.157. The Morgan fingerprint density at radius 2 is 2.07 bits per heavy atom. The first kappa shape index (κ1) is 11.4. The molecule has 82 valence electrons. The van der Waals surface area contributed by atoms with E-state index < -0.39 is 36.5 Å². The molecule has 1 fully saturated rings. The van der Waals surface area contributed by atoms with Gasteiger partial charge in [-0.15, -0.1) is 0 Å². The number of hydrogen-bond acceptors (Lipinski definition) is 3. The van der Waals surface area contributed by atoms with E-state index in [0.29, 0.717) is 0 Å². The molecule has 0 aromatic heterocycles. The number of ether oxygens (including phenoxy) is 1. The lowest BCUT2D eigenvalue weighted by Gasteiger charge is -2.21. The minimum Gasteiger partial charge on any atom is -0.459 e. The largest absolute Gasteiger partial charge is 0.459 e. The van der Waals surface area contributed by atoms with Crippen molar-refractivity contribution in [1.82, 2.24) is 5.32 Å². The van der Waals surface area contributed by atoms with E-state index in [1.165, 1.54) is 0 Å². The van der Waals surface area contributed by atoms with Crippen molar-refractivity contribution in [2.75, 3.05) is 6.54 Å². The van der Waals surface area contributed by atoms with Crippen LogP contribution in [0.25, 0.3) is 0 Å². The molecule has 0 spiro atoms. The van der Waals surface area contributed by atoms with Gasteiger partial charge in [-0.25, -0.2) is 8.78 Å². The third-order valence-electron chi connectivity index (χ3n) is 1.80. The molecule has 14 heavy (non-hydrogen) atoms. The van der Waals surface area contributed by atoms with Gasteiger partial charge in [-0.1, -0.05) is 0 Å². The zero-order valence-electron chi connectivity index (χ0n) is 8.56. The van der Waals surface area contributed by atoms with E-state index in [1.54, 1.807) is 20.8 Å². The molecule has 0 saturated carbocycles. The molecular weight excluding hydrogens is 192 g/mol. The molecule has 1 aliphatic rings. The maximum Gasteiger partial charge on any atom is 0.323 e. The highest BCUT2D eigenvalue weighted by molar-refractivity contribution is 5.76. The van der Waals surface area contributed by atoms with Gasteiger partial charge >= 0.3 is 5.97 Å². The minimum absolute atomic E-state index is 0.448. The molecule has 0 amide bonds. The summed E-state index contributed by atoms with van der Waals surface area (Å²) in [5.74, 6) is -3.39. The van der Waals surface area contributed by atoms with E-state index >= 15 is 0 Å². The summed E-state index contributed by atoms with van der Waals surface area (Å²) in [6.07, 6.45) is -0.470. The third kappa shape index (κ3) is 3.21. The highest BCUT2D eigenvalue weighted by atomic mass is 19.3. The van der Waals surface area contributed by atoms with Crippen LogP contribution in [0.5, 0.6) is 0 Å². The summed E-state index contributed by atoms with van der Waals surface area (Å²) in [5, 5.41) is 2.44. The molecular formula is C9H15F2NO2. The number of carbonyl (C=O) groups is 1. The summed E-state index contributed by atoms with van der Waals surface area (Å²) in [6, 6.07) is -0.871. The zero-order chi connectivity index (χ0) is 11.0. The Hall–Kier alpha value is -0.710. The summed E-state index contributed by atoms with van der Waals surface area (Å²) >= 11 is 0. The van der Waals surface area contributed by atoms with Gasteiger partial charge in [0.1, 0.15) is 11.6 Å². The van der Waals surface area contributed by atoms with Crippen LogP contribution < -0.4 is 5.32 Å². The zero-order valence-corrected chi connectivity index (χ0v) is 8.56. The van der Waals surface area contributed by atoms with Gasteiger partial charge < -0.3 is 4.74 Å². The van der Waals surface area contributed by atoms with Gasteiger partial charge in [0.25, 0.3) is 5.92 Å². The average molecular weight is 207 g/mol. The molecule has 5 heteroatoms. The van der Waals surface area contributed by atoms with E-state index in [-0.39, 0.29) is 0 Å². The summed E-state index contributed by atoms with van der Waals surface area (Å²) in [6.45, 7) is 4.67. The standard InChI is InChI=1S/C9H15F2NO2/c1-8(2,3)14-7(13)6-4-9(10,11)5-12-6/h6,12H,4-5H2,1-3H3. The molecule has 1 aliphatic heterocycles. The van der Waals surface area contributed by atoms with Crippen LogP contribution in [-0.4, -0.2) is 30.1 Å². The van der Waals surface area contributed by atoms with Crippen LogP contribution in [0.15, 0.2) is 0 Å².